The third kappa shape index (κ3) is 2.75. The first kappa shape index (κ1) is 14.3. The van der Waals surface area contributed by atoms with E-state index in [4.69, 9.17) is 19.7 Å². The summed E-state index contributed by atoms with van der Waals surface area (Å²) in [6.07, 6.45) is 0.716. The molecule has 2 rings (SSSR count). The quantitative estimate of drug-likeness (QED) is 0.903. The second kappa shape index (κ2) is 5.50. The molecular formula is C14H19N3O3. The van der Waals surface area contributed by atoms with Crippen molar-refractivity contribution in [1.82, 2.24) is 10.1 Å². The molecule has 0 fully saturated rings. The number of aromatic nitrogens is 2. The van der Waals surface area contributed by atoms with Crippen LogP contribution in [0.15, 0.2) is 22.7 Å². The molecule has 0 saturated carbocycles. The maximum atomic E-state index is 6.11. The Morgan fingerprint density at radius 1 is 1.20 bits per heavy atom. The van der Waals surface area contributed by atoms with E-state index in [2.05, 4.69) is 10.1 Å². The zero-order valence-corrected chi connectivity index (χ0v) is 12.1. The Bertz CT molecular complexity index is 571. The van der Waals surface area contributed by atoms with Crippen molar-refractivity contribution in [3.63, 3.8) is 0 Å². The number of hydrogen-bond acceptors (Lipinski definition) is 6. The average Bonchev–Trinajstić information content (AvgIpc) is 2.97. The molecule has 1 unspecified atom stereocenters. The molecule has 0 radical (unpaired) electrons. The SMILES string of the molecule is CCC(C)(N)c1noc(-c2cc(OC)cc(OC)c2)n1. The molecule has 1 aromatic heterocycles. The molecule has 0 bridgehead atoms. The van der Waals surface area contributed by atoms with E-state index in [1.807, 2.05) is 13.8 Å². The molecule has 0 spiro atoms. The first-order chi connectivity index (χ1) is 9.50. The first-order valence-corrected chi connectivity index (χ1v) is 6.36. The first-order valence-electron chi connectivity index (χ1n) is 6.36. The summed E-state index contributed by atoms with van der Waals surface area (Å²) >= 11 is 0. The fourth-order valence-corrected chi connectivity index (χ4v) is 1.66. The van der Waals surface area contributed by atoms with Gasteiger partial charge in [0.25, 0.3) is 5.89 Å². The highest BCUT2D eigenvalue weighted by atomic mass is 16.5. The van der Waals surface area contributed by atoms with Gasteiger partial charge in [-0.1, -0.05) is 12.1 Å². The van der Waals surface area contributed by atoms with Crippen LogP contribution in [0.3, 0.4) is 0 Å². The second-order valence-electron chi connectivity index (χ2n) is 4.80. The summed E-state index contributed by atoms with van der Waals surface area (Å²) in [5.74, 6) is 2.19. The number of hydrogen-bond donors (Lipinski definition) is 1. The van der Waals surface area contributed by atoms with Gasteiger partial charge in [0.2, 0.25) is 0 Å². The fourth-order valence-electron chi connectivity index (χ4n) is 1.66. The normalized spacial score (nSPS) is 13.8. The highest BCUT2D eigenvalue weighted by molar-refractivity contribution is 5.59. The lowest BCUT2D eigenvalue weighted by Crippen LogP contribution is -2.33. The highest BCUT2D eigenvalue weighted by Crippen LogP contribution is 2.30. The summed E-state index contributed by atoms with van der Waals surface area (Å²) in [7, 11) is 3.18. The van der Waals surface area contributed by atoms with Gasteiger partial charge in [0.15, 0.2) is 5.82 Å². The van der Waals surface area contributed by atoms with Crippen LogP contribution >= 0.6 is 0 Å². The van der Waals surface area contributed by atoms with Gasteiger partial charge in [0, 0.05) is 11.6 Å². The largest absolute Gasteiger partial charge is 0.497 e. The Morgan fingerprint density at radius 3 is 2.30 bits per heavy atom. The van der Waals surface area contributed by atoms with Crippen molar-refractivity contribution in [2.24, 2.45) is 5.73 Å². The predicted octanol–water partition coefficient (Wildman–Crippen LogP) is 2.34. The topological polar surface area (TPSA) is 83.4 Å². The summed E-state index contributed by atoms with van der Waals surface area (Å²) in [4.78, 5) is 4.36. The van der Waals surface area contributed by atoms with Crippen molar-refractivity contribution < 1.29 is 14.0 Å². The number of nitrogens with zero attached hydrogens (tertiary/aromatic N) is 2. The fraction of sp³-hybridized carbons (Fsp3) is 0.429. The van der Waals surface area contributed by atoms with Gasteiger partial charge in [-0.3, -0.25) is 0 Å². The Kier molecular flexibility index (Phi) is 3.94. The van der Waals surface area contributed by atoms with Crippen molar-refractivity contribution in [2.75, 3.05) is 14.2 Å². The third-order valence-corrected chi connectivity index (χ3v) is 3.27. The summed E-state index contributed by atoms with van der Waals surface area (Å²) in [6.45, 7) is 3.85. The summed E-state index contributed by atoms with van der Waals surface area (Å²) < 4.78 is 15.7. The molecule has 1 heterocycles. The van der Waals surface area contributed by atoms with E-state index in [0.29, 0.717) is 29.6 Å². The Morgan fingerprint density at radius 2 is 1.80 bits per heavy atom. The Hall–Kier alpha value is -2.08. The zero-order chi connectivity index (χ0) is 14.8. The van der Waals surface area contributed by atoms with Crippen LogP contribution < -0.4 is 15.2 Å². The lowest BCUT2D eigenvalue weighted by atomic mass is 10.00. The number of rotatable bonds is 5. The molecule has 1 aromatic carbocycles. The van der Waals surface area contributed by atoms with Gasteiger partial charge >= 0.3 is 0 Å². The van der Waals surface area contributed by atoms with Gasteiger partial charge in [-0.25, -0.2) is 0 Å². The van der Waals surface area contributed by atoms with Crippen molar-refractivity contribution in [3.8, 4) is 23.0 Å². The van der Waals surface area contributed by atoms with Gasteiger partial charge in [0.1, 0.15) is 11.5 Å². The van der Waals surface area contributed by atoms with E-state index in [-0.39, 0.29) is 0 Å². The second-order valence-corrected chi connectivity index (χ2v) is 4.80. The lowest BCUT2D eigenvalue weighted by Gasteiger charge is -2.16. The molecule has 6 nitrogen and oxygen atoms in total. The van der Waals surface area contributed by atoms with Crippen LogP contribution in [0.25, 0.3) is 11.5 Å². The van der Waals surface area contributed by atoms with Gasteiger partial charge in [-0.2, -0.15) is 4.98 Å². The molecule has 2 aromatic rings. The van der Waals surface area contributed by atoms with Crippen LogP contribution in [0, 0.1) is 0 Å². The number of benzene rings is 1. The highest BCUT2D eigenvalue weighted by Gasteiger charge is 2.25. The summed E-state index contributed by atoms with van der Waals surface area (Å²) in [6, 6.07) is 5.39. The molecule has 0 aliphatic rings. The molecule has 6 heteroatoms. The van der Waals surface area contributed by atoms with Gasteiger partial charge in [0.05, 0.1) is 19.8 Å². The van der Waals surface area contributed by atoms with Crippen LogP contribution in [0.4, 0.5) is 0 Å². The van der Waals surface area contributed by atoms with E-state index in [1.54, 1.807) is 32.4 Å². The van der Waals surface area contributed by atoms with E-state index in [1.165, 1.54) is 0 Å². The van der Waals surface area contributed by atoms with Crippen molar-refractivity contribution in [1.29, 1.82) is 0 Å². The molecule has 0 aliphatic heterocycles. The molecule has 20 heavy (non-hydrogen) atoms. The average molecular weight is 277 g/mol. The maximum Gasteiger partial charge on any atom is 0.258 e. The van der Waals surface area contributed by atoms with Crippen LogP contribution in [0.1, 0.15) is 26.1 Å². The molecule has 0 amide bonds. The zero-order valence-electron chi connectivity index (χ0n) is 12.1. The smallest absolute Gasteiger partial charge is 0.258 e. The van der Waals surface area contributed by atoms with Crippen LogP contribution in [0.2, 0.25) is 0 Å². The minimum atomic E-state index is -0.606. The summed E-state index contributed by atoms with van der Waals surface area (Å²) in [5, 5.41) is 3.95. The number of methoxy groups -OCH3 is 2. The maximum absolute atomic E-state index is 6.11. The Balaban J connectivity index is 2.42. The number of ether oxygens (including phenoxy) is 2. The van der Waals surface area contributed by atoms with E-state index in [0.717, 1.165) is 5.56 Å². The van der Waals surface area contributed by atoms with E-state index in [9.17, 15) is 0 Å². The molecule has 1 atom stereocenters. The van der Waals surface area contributed by atoms with Crippen molar-refractivity contribution >= 4 is 0 Å². The molecule has 0 saturated heterocycles. The molecule has 0 aliphatic carbocycles. The van der Waals surface area contributed by atoms with Crippen LogP contribution in [0.5, 0.6) is 11.5 Å². The minimum Gasteiger partial charge on any atom is -0.497 e. The lowest BCUT2D eigenvalue weighted by molar-refractivity contribution is 0.377. The van der Waals surface area contributed by atoms with Crippen LogP contribution in [-0.4, -0.2) is 24.4 Å². The Labute approximate surface area is 117 Å². The molecular weight excluding hydrogens is 258 g/mol. The third-order valence-electron chi connectivity index (χ3n) is 3.27. The van der Waals surface area contributed by atoms with E-state index < -0.39 is 5.54 Å². The van der Waals surface area contributed by atoms with E-state index >= 15 is 0 Å². The standard InChI is InChI=1S/C14H19N3O3/c1-5-14(2,15)13-16-12(20-17-13)9-6-10(18-3)8-11(7-9)19-4/h6-8H,5,15H2,1-4H3. The predicted molar refractivity (Wildman–Crippen MR) is 74.7 cm³/mol. The molecule has 2 N–H and O–H groups in total. The van der Waals surface area contributed by atoms with Gasteiger partial charge in [-0.05, 0) is 25.5 Å². The minimum absolute atomic E-state index is 0.391. The summed E-state index contributed by atoms with van der Waals surface area (Å²) in [5.41, 5.74) is 6.23. The number of nitrogens with two attached hydrogens (primary N) is 1. The molecule has 108 valence electrons. The van der Waals surface area contributed by atoms with Crippen LogP contribution in [-0.2, 0) is 5.54 Å². The van der Waals surface area contributed by atoms with Gasteiger partial charge < -0.3 is 19.7 Å². The van der Waals surface area contributed by atoms with Crippen molar-refractivity contribution in [3.05, 3.63) is 24.0 Å². The van der Waals surface area contributed by atoms with Gasteiger partial charge in [-0.15, -0.1) is 0 Å². The monoisotopic (exact) mass is 277 g/mol. The van der Waals surface area contributed by atoms with Crippen molar-refractivity contribution in [2.45, 2.75) is 25.8 Å².